The summed E-state index contributed by atoms with van der Waals surface area (Å²) in [6.07, 6.45) is -9.26. The summed E-state index contributed by atoms with van der Waals surface area (Å²) in [4.78, 5) is 11.7. The van der Waals surface area contributed by atoms with E-state index in [-0.39, 0.29) is 24.1 Å². The highest BCUT2D eigenvalue weighted by Crippen LogP contribution is 2.31. The van der Waals surface area contributed by atoms with Crippen molar-refractivity contribution in [3.63, 3.8) is 0 Å². The first kappa shape index (κ1) is 30.1. The molecule has 4 aromatic carbocycles. The van der Waals surface area contributed by atoms with Crippen molar-refractivity contribution in [3.8, 4) is 28.6 Å². The molecule has 0 atom stereocenters. The molecule has 0 amide bonds. The molecule has 0 spiro atoms. The summed E-state index contributed by atoms with van der Waals surface area (Å²) in [5.74, 6) is 0.963. The van der Waals surface area contributed by atoms with Crippen molar-refractivity contribution in [1.82, 2.24) is 15.0 Å². The molecular formula is C31H23F6N5O2. The summed E-state index contributed by atoms with van der Waals surface area (Å²) in [6, 6.07) is 28.0. The van der Waals surface area contributed by atoms with E-state index >= 15 is 0 Å². The Kier molecular flexibility index (Phi) is 8.83. The number of hydrogen-bond acceptors (Lipinski definition) is 7. The van der Waals surface area contributed by atoms with E-state index < -0.39 is 30.5 Å². The number of nitrogens with zero attached hydrogens (tertiary/aromatic N) is 3. The van der Waals surface area contributed by atoms with Gasteiger partial charge in [0.15, 0.2) is 6.61 Å². The minimum Gasteiger partial charge on any atom is -0.457 e. The fourth-order valence-electron chi connectivity index (χ4n) is 3.94. The average molecular weight is 612 g/mol. The molecule has 0 saturated carbocycles. The van der Waals surface area contributed by atoms with Crippen LogP contribution in [-0.2, 0) is 12.7 Å². The molecule has 0 bridgehead atoms. The van der Waals surface area contributed by atoms with Gasteiger partial charge in [0.25, 0.3) is 0 Å². The van der Waals surface area contributed by atoms with Gasteiger partial charge in [-0.25, -0.2) is 0 Å². The van der Waals surface area contributed by atoms with Crippen molar-refractivity contribution in [2.24, 2.45) is 0 Å². The fraction of sp³-hybridized carbons (Fsp3) is 0.129. The molecule has 44 heavy (non-hydrogen) atoms. The molecule has 0 aliphatic heterocycles. The molecule has 7 nitrogen and oxygen atoms in total. The van der Waals surface area contributed by atoms with Crippen LogP contribution in [0.5, 0.6) is 17.5 Å². The number of rotatable bonds is 10. The molecular weight excluding hydrogens is 588 g/mol. The Morgan fingerprint density at radius 3 is 1.93 bits per heavy atom. The van der Waals surface area contributed by atoms with Gasteiger partial charge >= 0.3 is 18.4 Å². The molecule has 226 valence electrons. The van der Waals surface area contributed by atoms with Gasteiger partial charge in [0, 0.05) is 12.2 Å². The highest BCUT2D eigenvalue weighted by molar-refractivity contribution is 5.64. The van der Waals surface area contributed by atoms with Crippen molar-refractivity contribution < 1.29 is 35.8 Å². The topological polar surface area (TPSA) is 81.2 Å². The summed E-state index contributed by atoms with van der Waals surface area (Å²) < 4.78 is 88.0. The van der Waals surface area contributed by atoms with Gasteiger partial charge in [-0.15, -0.1) is 0 Å². The van der Waals surface area contributed by atoms with Gasteiger partial charge in [0.05, 0.1) is 5.56 Å². The van der Waals surface area contributed by atoms with Crippen LogP contribution >= 0.6 is 0 Å². The Morgan fingerprint density at radius 1 is 0.636 bits per heavy atom. The van der Waals surface area contributed by atoms with Gasteiger partial charge in [-0.1, -0.05) is 60.7 Å². The molecule has 5 rings (SSSR count). The third-order valence-electron chi connectivity index (χ3n) is 6.00. The lowest BCUT2D eigenvalue weighted by molar-refractivity contribution is -0.154. The van der Waals surface area contributed by atoms with E-state index in [1.54, 1.807) is 0 Å². The number of alkyl halides is 6. The van der Waals surface area contributed by atoms with E-state index in [9.17, 15) is 26.3 Å². The zero-order valence-electron chi connectivity index (χ0n) is 22.7. The maximum atomic E-state index is 13.1. The molecule has 0 fully saturated rings. The maximum absolute atomic E-state index is 13.1. The zero-order valence-corrected chi connectivity index (χ0v) is 22.7. The number of benzene rings is 4. The van der Waals surface area contributed by atoms with E-state index in [0.29, 0.717) is 5.75 Å². The first-order chi connectivity index (χ1) is 21.0. The van der Waals surface area contributed by atoms with Crippen LogP contribution in [0.3, 0.4) is 0 Å². The predicted octanol–water partition coefficient (Wildman–Crippen LogP) is 8.65. The normalized spacial score (nSPS) is 11.6. The lowest BCUT2D eigenvalue weighted by Crippen LogP contribution is -2.21. The van der Waals surface area contributed by atoms with Gasteiger partial charge in [0.1, 0.15) is 11.5 Å². The molecule has 0 aliphatic carbocycles. The van der Waals surface area contributed by atoms with Crippen molar-refractivity contribution in [3.05, 3.63) is 114 Å². The smallest absolute Gasteiger partial charge is 0.422 e. The van der Waals surface area contributed by atoms with E-state index in [1.165, 1.54) is 12.1 Å². The summed E-state index contributed by atoms with van der Waals surface area (Å²) in [5.41, 5.74) is 1.73. The molecule has 0 radical (unpaired) electrons. The molecule has 1 heterocycles. The van der Waals surface area contributed by atoms with Crippen molar-refractivity contribution in [2.75, 3.05) is 17.2 Å². The van der Waals surface area contributed by atoms with Gasteiger partial charge in [-0.05, 0) is 59.2 Å². The second-order valence-corrected chi connectivity index (χ2v) is 9.36. The summed E-state index contributed by atoms with van der Waals surface area (Å²) in [7, 11) is 0. The lowest BCUT2D eigenvalue weighted by Gasteiger charge is -2.13. The average Bonchev–Trinajstić information content (AvgIpc) is 3.00. The van der Waals surface area contributed by atoms with Crippen LogP contribution in [0.25, 0.3) is 11.1 Å². The first-order valence-corrected chi connectivity index (χ1v) is 13.1. The third-order valence-corrected chi connectivity index (χ3v) is 6.00. The number of para-hydroxylation sites is 1. The highest BCUT2D eigenvalue weighted by atomic mass is 19.4. The molecule has 1 aromatic heterocycles. The largest absolute Gasteiger partial charge is 0.457 e. The minimum atomic E-state index is -4.66. The maximum Gasteiger partial charge on any atom is 0.422 e. The number of hydrogen-bond donors (Lipinski definition) is 2. The summed E-state index contributed by atoms with van der Waals surface area (Å²) in [6.45, 7) is -1.49. The Balaban J connectivity index is 1.27. The van der Waals surface area contributed by atoms with E-state index in [1.807, 2.05) is 78.9 Å². The molecule has 0 unspecified atom stereocenters. The van der Waals surface area contributed by atoms with Crippen LogP contribution in [0.4, 0.5) is 43.9 Å². The Labute approximate surface area is 247 Å². The SMILES string of the molecule is FC(F)(F)COc1nc(NCc2ccc(-c3ccc(Oc4ccccc4)cc3)cc2)nc(Nc2cccc(C(F)(F)F)c2)n1. The monoisotopic (exact) mass is 611 g/mol. The molecule has 5 aromatic rings. The molecule has 0 saturated heterocycles. The van der Waals surface area contributed by atoms with Crippen LogP contribution in [0.1, 0.15) is 11.1 Å². The van der Waals surface area contributed by atoms with E-state index in [0.717, 1.165) is 34.6 Å². The number of nitrogens with one attached hydrogen (secondary N) is 2. The Hall–Kier alpha value is -5.33. The van der Waals surface area contributed by atoms with Crippen LogP contribution in [-0.4, -0.2) is 27.7 Å². The molecule has 13 heteroatoms. The minimum absolute atomic E-state index is 0.0333. The highest BCUT2D eigenvalue weighted by Gasteiger charge is 2.31. The number of ether oxygens (including phenoxy) is 2. The lowest BCUT2D eigenvalue weighted by atomic mass is 10.0. The van der Waals surface area contributed by atoms with E-state index in [2.05, 4.69) is 30.3 Å². The van der Waals surface area contributed by atoms with Crippen LogP contribution in [0, 0.1) is 0 Å². The number of halogens is 6. The standard InChI is InChI=1S/C31H23F6N5O2/c32-30(33,34)19-43-29-41-27(40-28(42-29)39-24-6-4-5-23(17-24)31(35,36)37)38-18-20-9-11-21(12-10-20)22-13-15-26(16-14-22)44-25-7-2-1-3-8-25/h1-17H,18-19H2,(H2,38,39,40,41,42). The van der Waals surface area contributed by atoms with Gasteiger partial charge in [0.2, 0.25) is 11.9 Å². The van der Waals surface area contributed by atoms with Crippen molar-refractivity contribution >= 4 is 17.6 Å². The summed E-state index contributed by atoms with van der Waals surface area (Å²) in [5, 5.41) is 5.45. The van der Waals surface area contributed by atoms with Gasteiger partial charge < -0.3 is 20.1 Å². The van der Waals surface area contributed by atoms with Crippen molar-refractivity contribution in [2.45, 2.75) is 18.9 Å². The molecule has 0 aliphatic rings. The Bertz CT molecular complexity index is 1680. The van der Waals surface area contributed by atoms with Crippen molar-refractivity contribution in [1.29, 1.82) is 0 Å². The zero-order chi connectivity index (χ0) is 31.2. The second-order valence-electron chi connectivity index (χ2n) is 9.36. The van der Waals surface area contributed by atoms with E-state index in [4.69, 9.17) is 4.74 Å². The van der Waals surface area contributed by atoms with Crippen LogP contribution < -0.4 is 20.1 Å². The van der Waals surface area contributed by atoms with Crippen LogP contribution in [0.2, 0.25) is 0 Å². The quantitative estimate of drug-likeness (QED) is 0.153. The second kappa shape index (κ2) is 12.9. The number of aromatic nitrogens is 3. The predicted molar refractivity (Wildman–Crippen MR) is 152 cm³/mol. The third kappa shape index (κ3) is 8.60. The summed E-state index contributed by atoms with van der Waals surface area (Å²) >= 11 is 0. The fourth-order valence-corrected chi connectivity index (χ4v) is 3.94. The Morgan fingerprint density at radius 2 is 1.27 bits per heavy atom. The first-order valence-electron chi connectivity index (χ1n) is 13.1. The molecule has 2 N–H and O–H groups in total. The van der Waals surface area contributed by atoms with Gasteiger partial charge in [-0.3, -0.25) is 0 Å². The van der Waals surface area contributed by atoms with Crippen LogP contribution in [0.15, 0.2) is 103 Å². The van der Waals surface area contributed by atoms with Gasteiger partial charge in [-0.2, -0.15) is 41.3 Å². The number of anilines is 3.